The monoisotopic (exact) mass is 606 g/mol. The largest absolute Gasteiger partial charge is 0.457 e. The second-order valence-electron chi connectivity index (χ2n) is 10.3. The number of nitrogens with one attached hydrogen (secondary N) is 4. The standard InChI is InChI=1S/C30H32Cl2N8O2/c1-3-40-15-19(4-6-25-10-20-9-18(28(33)34)5-7-26(20)42-25)21(16-40)14-35-27-8-17(2)36-29(38-27)39-30(41)37-24-12-22(31)11-23(32)13-24/h4-13,19,21H,3,14-16H2,1-2H3,(H3,33,34)(H3,35,36,37,38,39,41)/b6-4+. The van der Waals surface area contributed by atoms with Crippen LogP contribution < -0.4 is 21.7 Å². The van der Waals surface area contributed by atoms with Crippen LogP contribution in [0.2, 0.25) is 10.0 Å². The van der Waals surface area contributed by atoms with E-state index in [0.717, 1.165) is 36.4 Å². The van der Waals surface area contributed by atoms with E-state index in [1.165, 1.54) is 0 Å². The van der Waals surface area contributed by atoms with Crippen LogP contribution in [0.25, 0.3) is 17.0 Å². The van der Waals surface area contributed by atoms with Gasteiger partial charge in [-0.2, -0.15) is 4.98 Å². The third kappa shape index (κ3) is 7.39. The number of carbonyl (C=O) groups is 1. The van der Waals surface area contributed by atoms with E-state index < -0.39 is 6.03 Å². The summed E-state index contributed by atoms with van der Waals surface area (Å²) in [5.74, 6) is 2.22. The fourth-order valence-electron chi connectivity index (χ4n) is 5.05. The molecule has 42 heavy (non-hydrogen) atoms. The van der Waals surface area contributed by atoms with Crippen molar-refractivity contribution in [1.29, 1.82) is 5.41 Å². The van der Waals surface area contributed by atoms with Gasteiger partial charge in [-0.15, -0.1) is 0 Å². The van der Waals surface area contributed by atoms with E-state index in [0.29, 0.717) is 51.2 Å². The number of halogens is 2. The van der Waals surface area contributed by atoms with E-state index in [-0.39, 0.29) is 11.8 Å². The van der Waals surface area contributed by atoms with Crippen LogP contribution in [-0.4, -0.2) is 52.9 Å². The van der Waals surface area contributed by atoms with Crippen LogP contribution in [-0.2, 0) is 0 Å². The maximum Gasteiger partial charge on any atom is 0.326 e. The zero-order valence-corrected chi connectivity index (χ0v) is 24.8. The summed E-state index contributed by atoms with van der Waals surface area (Å²) in [5.41, 5.74) is 8.23. The fraction of sp³-hybridized carbons (Fsp3) is 0.267. The Labute approximate surface area is 253 Å². The number of furan rings is 1. The summed E-state index contributed by atoms with van der Waals surface area (Å²) < 4.78 is 5.99. The zero-order valence-electron chi connectivity index (χ0n) is 23.2. The third-order valence-electron chi connectivity index (χ3n) is 7.11. The van der Waals surface area contributed by atoms with Crippen LogP contribution >= 0.6 is 23.2 Å². The van der Waals surface area contributed by atoms with Crippen molar-refractivity contribution in [3.05, 3.63) is 81.7 Å². The molecule has 0 saturated carbocycles. The maximum atomic E-state index is 12.6. The second-order valence-corrected chi connectivity index (χ2v) is 11.2. The Kier molecular flexibility index (Phi) is 8.96. The smallest absolute Gasteiger partial charge is 0.326 e. The number of nitrogens with zero attached hydrogens (tertiary/aromatic N) is 3. The highest BCUT2D eigenvalue weighted by molar-refractivity contribution is 6.35. The normalized spacial score (nSPS) is 17.1. The van der Waals surface area contributed by atoms with Gasteiger partial charge in [0.1, 0.15) is 23.0 Å². The molecule has 6 N–H and O–H groups in total. The summed E-state index contributed by atoms with van der Waals surface area (Å²) in [5, 5.41) is 18.2. The van der Waals surface area contributed by atoms with Crippen molar-refractivity contribution in [2.24, 2.45) is 17.6 Å². The van der Waals surface area contributed by atoms with Gasteiger partial charge < -0.3 is 25.7 Å². The highest BCUT2D eigenvalue weighted by atomic mass is 35.5. The summed E-state index contributed by atoms with van der Waals surface area (Å²) in [6, 6.07) is 13.6. The summed E-state index contributed by atoms with van der Waals surface area (Å²) >= 11 is 12.0. The molecular formula is C30H32Cl2N8O2. The van der Waals surface area contributed by atoms with E-state index in [2.05, 4.69) is 43.8 Å². The number of carbonyl (C=O) groups excluding carboxylic acids is 1. The molecule has 0 aliphatic carbocycles. The van der Waals surface area contributed by atoms with Gasteiger partial charge in [0, 0.05) is 58.1 Å². The SMILES string of the molecule is CCN1CC(/C=C/c2cc3cc(C(=N)N)ccc3o2)C(CNc2cc(C)nc(NC(=O)Nc3cc(Cl)cc(Cl)c3)n2)C1. The molecule has 0 bridgehead atoms. The van der Waals surface area contributed by atoms with E-state index in [9.17, 15) is 4.79 Å². The Bertz CT molecular complexity index is 1630. The number of aromatic nitrogens is 2. The molecule has 2 amide bonds. The van der Waals surface area contributed by atoms with Gasteiger partial charge in [-0.25, -0.2) is 9.78 Å². The van der Waals surface area contributed by atoms with Crippen molar-refractivity contribution in [2.45, 2.75) is 13.8 Å². The first-order valence-corrected chi connectivity index (χ1v) is 14.3. The zero-order chi connectivity index (χ0) is 29.8. The minimum atomic E-state index is -0.507. The molecule has 2 aromatic heterocycles. The molecule has 218 valence electrons. The topological polar surface area (TPSA) is 145 Å². The predicted molar refractivity (Wildman–Crippen MR) is 170 cm³/mol. The molecule has 2 unspecified atom stereocenters. The van der Waals surface area contributed by atoms with Crippen LogP contribution in [0.4, 0.5) is 22.2 Å². The fourth-order valence-corrected chi connectivity index (χ4v) is 5.58. The van der Waals surface area contributed by atoms with Crippen LogP contribution in [0.1, 0.15) is 23.9 Å². The first-order chi connectivity index (χ1) is 20.1. The third-order valence-corrected chi connectivity index (χ3v) is 7.55. The molecular weight excluding hydrogens is 575 g/mol. The highest BCUT2D eigenvalue weighted by Crippen LogP contribution is 2.28. The molecule has 2 atom stereocenters. The summed E-state index contributed by atoms with van der Waals surface area (Å²) in [6.07, 6.45) is 4.23. The quantitative estimate of drug-likeness (QED) is 0.108. The number of aryl methyl sites for hydroxylation is 1. The minimum absolute atomic E-state index is 0.0316. The lowest BCUT2D eigenvalue weighted by molar-refractivity contribution is 0.262. The lowest BCUT2D eigenvalue weighted by atomic mass is 9.95. The lowest BCUT2D eigenvalue weighted by Crippen LogP contribution is -2.24. The van der Waals surface area contributed by atoms with Gasteiger partial charge in [-0.1, -0.05) is 36.2 Å². The van der Waals surface area contributed by atoms with Crippen molar-refractivity contribution >= 4 is 69.6 Å². The summed E-state index contributed by atoms with van der Waals surface area (Å²) in [6.45, 7) is 7.55. The van der Waals surface area contributed by atoms with Gasteiger partial charge in [-0.3, -0.25) is 10.7 Å². The van der Waals surface area contributed by atoms with Crippen molar-refractivity contribution in [3.8, 4) is 0 Å². The number of benzene rings is 2. The summed E-state index contributed by atoms with van der Waals surface area (Å²) in [4.78, 5) is 23.8. The Balaban J connectivity index is 1.23. The lowest BCUT2D eigenvalue weighted by Gasteiger charge is -2.17. The van der Waals surface area contributed by atoms with Crippen molar-refractivity contribution in [1.82, 2.24) is 14.9 Å². The number of fused-ring (bicyclic) bond motifs is 1. The first kappa shape index (κ1) is 29.4. The molecule has 10 nitrogen and oxygen atoms in total. The Hall–Kier alpha value is -4.12. The van der Waals surface area contributed by atoms with E-state index in [4.69, 9.17) is 38.8 Å². The second kappa shape index (κ2) is 12.8. The van der Waals surface area contributed by atoms with Crippen molar-refractivity contribution in [2.75, 3.05) is 42.1 Å². The maximum absolute atomic E-state index is 12.6. The Morgan fingerprint density at radius 1 is 1.12 bits per heavy atom. The van der Waals surface area contributed by atoms with Crippen LogP contribution in [0, 0.1) is 24.2 Å². The number of amidine groups is 1. The number of rotatable bonds is 9. The van der Waals surface area contributed by atoms with Crippen LogP contribution in [0.5, 0.6) is 0 Å². The molecule has 1 aliphatic rings. The molecule has 3 heterocycles. The van der Waals surface area contributed by atoms with Crippen molar-refractivity contribution < 1.29 is 9.21 Å². The molecule has 12 heteroatoms. The summed E-state index contributed by atoms with van der Waals surface area (Å²) in [7, 11) is 0. The van der Waals surface area contributed by atoms with Crippen LogP contribution in [0.3, 0.4) is 0 Å². The Morgan fingerprint density at radius 3 is 2.64 bits per heavy atom. The number of hydrogen-bond acceptors (Lipinski definition) is 7. The number of hydrogen-bond donors (Lipinski definition) is 5. The molecule has 0 radical (unpaired) electrons. The van der Waals surface area contributed by atoms with Crippen LogP contribution in [0.15, 0.2) is 59.0 Å². The number of likely N-dealkylation sites (tertiary alicyclic amines) is 1. The molecule has 0 spiro atoms. The van der Waals surface area contributed by atoms with Crippen molar-refractivity contribution in [3.63, 3.8) is 0 Å². The molecule has 1 saturated heterocycles. The van der Waals surface area contributed by atoms with Gasteiger partial charge >= 0.3 is 6.03 Å². The number of nitrogens with two attached hydrogens (primary N) is 1. The van der Waals surface area contributed by atoms with Gasteiger partial charge in [0.15, 0.2) is 0 Å². The Morgan fingerprint density at radius 2 is 1.90 bits per heavy atom. The average Bonchev–Trinajstić information content (AvgIpc) is 3.52. The number of anilines is 3. The van der Waals surface area contributed by atoms with Gasteiger partial charge in [0.05, 0.1) is 0 Å². The van der Waals surface area contributed by atoms with Gasteiger partial charge in [0.25, 0.3) is 0 Å². The molecule has 1 fully saturated rings. The van der Waals surface area contributed by atoms with Gasteiger partial charge in [0.2, 0.25) is 5.95 Å². The van der Waals surface area contributed by atoms with E-state index in [1.807, 2.05) is 37.3 Å². The minimum Gasteiger partial charge on any atom is -0.457 e. The number of amides is 2. The molecule has 4 aromatic rings. The predicted octanol–water partition coefficient (Wildman–Crippen LogP) is 6.46. The van der Waals surface area contributed by atoms with E-state index >= 15 is 0 Å². The molecule has 1 aliphatic heterocycles. The first-order valence-electron chi connectivity index (χ1n) is 13.6. The number of nitrogen functional groups attached to an aromatic ring is 1. The molecule has 5 rings (SSSR count). The average molecular weight is 608 g/mol. The highest BCUT2D eigenvalue weighted by Gasteiger charge is 2.30. The van der Waals surface area contributed by atoms with E-state index in [1.54, 1.807) is 24.3 Å². The van der Waals surface area contributed by atoms with Gasteiger partial charge in [-0.05, 0) is 73.8 Å². The number of urea groups is 1. The molecule has 2 aromatic carbocycles.